The van der Waals surface area contributed by atoms with Crippen LogP contribution in [0.3, 0.4) is 0 Å². The molecule has 1 fully saturated rings. The second-order valence-corrected chi connectivity index (χ2v) is 11.0. The maximum absolute atomic E-state index is 9.66. The summed E-state index contributed by atoms with van der Waals surface area (Å²) in [5, 5.41) is 10.6. The van der Waals surface area contributed by atoms with E-state index in [1.165, 1.54) is 30.4 Å². The van der Waals surface area contributed by atoms with E-state index in [-0.39, 0.29) is 16.2 Å². The molecule has 2 heterocycles. The van der Waals surface area contributed by atoms with Crippen LogP contribution in [0.2, 0.25) is 0 Å². The highest BCUT2D eigenvalue weighted by Gasteiger charge is 2.53. The molecule has 150 valence electrons. The average molecular weight is 395 g/mol. The lowest BCUT2D eigenvalue weighted by Crippen LogP contribution is -2.20. The third-order valence-electron chi connectivity index (χ3n) is 7.60. The van der Waals surface area contributed by atoms with Crippen LogP contribution in [0.15, 0.2) is 30.3 Å². The molecule has 2 atom stereocenters. The van der Waals surface area contributed by atoms with E-state index < -0.39 is 0 Å². The zero-order valence-corrected chi connectivity index (χ0v) is 18.3. The van der Waals surface area contributed by atoms with Gasteiger partial charge >= 0.3 is 0 Å². The first-order valence-corrected chi connectivity index (χ1v) is 10.9. The Hall–Kier alpha value is -2.93. The highest BCUT2D eigenvalue weighted by Crippen LogP contribution is 2.61. The normalized spacial score (nSPS) is 25.3. The number of nitriles is 1. The Balaban J connectivity index is 1.82. The van der Waals surface area contributed by atoms with Crippen LogP contribution in [0, 0.1) is 11.3 Å². The molecule has 4 heteroatoms. The molecule has 0 radical (unpaired) electrons. The highest BCUT2D eigenvalue weighted by atomic mass is 15.1. The van der Waals surface area contributed by atoms with Gasteiger partial charge in [0.15, 0.2) is 0 Å². The first-order chi connectivity index (χ1) is 14.1. The van der Waals surface area contributed by atoms with E-state index in [9.17, 15) is 5.26 Å². The molecule has 2 aromatic heterocycles. The summed E-state index contributed by atoms with van der Waals surface area (Å²) in [5.41, 5.74) is 7.77. The average Bonchev–Trinajstić information content (AvgIpc) is 3.29. The van der Waals surface area contributed by atoms with Crippen molar-refractivity contribution >= 4 is 27.6 Å². The molecule has 0 aliphatic heterocycles. The molecule has 1 saturated carbocycles. The van der Waals surface area contributed by atoms with Crippen molar-refractivity contribution in [3.8, 4) is 6.07 Å². The van der Waals surface area contributed by atoms with Crippen molar-refractivity contribution in [2.75, 3.05) is 0 Å². The van der Waals surface area contributed by atoms with E-state index in [0.717, 1.165) is 33.4 Å². The Morgan fingerprint density at radius 1 is 1.03 bits per heavy atom. The summed E-state index contributed by atoms with van der Waals surface area (Å²) in [5.74, 6) is 0.953. The monoisotopic (exact) mass is 394 g/mol. The summed E-state index contributed by atoms with van der Waals surface area (Å²) in [4.78, 5) is 10.2. The standard InChI is InChI=1S/C26H26N4/c1-24(2,3)23-29-21-15(13-27)7-6-8-16(21)22-28-19-11-17-18(12-20(19)30(22)23)26(5)10-9-25(17,4)14-26/h6-8,11-12H,9-10,14H2,1-5H3. The minimum atomic E-state index is -0.184. The van der Waals surface area contributed by atoms with Crippen LogP contribution in [-0.2, 0) is 16.2 Å². The number of para-hydroxylation sites is 1. The predicted octanol–water partition coefficient (Wildman–Crippen LogP) is 5.92. The van der Waals surface area contributed by atoms with Gasteiger partial charge in [-0.05, 0) is 65.5 Å². The van der Waals surface area contributed by atoms with Gasteiger partial charge in [-0.25, -0.2) is 9.97 Å². The van der Waals surface area contributed by atoms with Crippen molar-refractivity contribution < 1.29 is 0 Å². The van der Waals surface area contributed by atoms with Gasteiger partial charge in [-0.1, -0.05) is 40.7 Å². The number of hydrogen-bond donors (Lipinski definition) is 0. The van der Waals surface area contributed by atoms with Gasteiger partial charge in [0, 0.05) is 10.8 Å². The summed E-state index contributed by atoms with van der Waals surface area (Å²) in [6, 6.07) is 12.9. The molecule has 0 N–H and O–H groups in total. The molecule has 0 saturated heterocycles. The molecule has 2 aromatic carbocycles. The van der Waals surface area contributed by atoms with E-state index in [4.69, 9.17) is 9.97 Å². The second-order valence-electron chi connectivity index (χ2n) is 11.0. The SMILES string of the molecule is CC(C)(C)c1nc2c(C#N)cccc2c2nc3cc4c(cc3n12)C1(C)CCC4(C)C1. The number of imidazole rings is 1. The lowest BCUT2D eigenvalue weighted by molar-refractivity contribution is 0.484. The quantitative estimate of drug-likeness (QED) is 0.372. The van der Waals surface area contributed by atoms with Crippen LogP contribution in [0.1, 0.15) is 76.4 Å². The molecule has 0 spiro atoms. The number of aromatic nitrogens is 3. The third-order valence-corrected chi connectivity index (χ3v) is 7.60. The summed E-state index contributed by atoms with van der Waals surface area (Å²) < 4.78 is 2.25. The first kappa shape index (κ1) is 17.9. The van der Waals surface area contributed by atoms with Crippen LogP contribution in [0.5, 0.6) is 0 Å². The van der Waals surface area contributed by atoms with E-state index in [1.807, 2.05) is 18.2 Å². The summed E-state index contributed by atoms with van der Waals surface area (Å²) >= 11 is 0. The number of rotatable bonds is 0. The van der Waals surface area contributed by atoms with Crippen LogP contribution in [0.25, 0.3) is 27.6 Å². The summed E-state index contributed by atoms with van der Waals surface area (Å²) in [6.45, 7) is 11.4. The first-order valence-electron chi connectivity index (χ1n) is 10.9. The maximum atomic E-state index is 9.66. The van der Waals surface area contributed by atoms with E-state index in [1.54, 1.807) is 0 Å². The molecular weight excluding hydrogens is 368 g/mol. The van der Waals surface area contributed by atoms with Gasteiger partial charge in [0.2, 0.25) is 0 Å². The molecule has 2 aliphatic rings. The minimum Gasteiger partial charge on any atom is -0.279 e. The van der Waals surface area contributed by atoms with E-state index in [2.05, 4.69) is 57.2 Å². The van der Waals surface area contributed by atoms with Gasteiger partial charge in [0.1, 0.15) is 17.5 Å². The van der Waals surface area contributed by atoms with Crippen molar-refractivity contribution in [1.29, 1.82) is 5.26 Å². The molecule has 2 aliphatic carbocycles. The van der Waals surface area contributed by atoms with E-state index >= 15 is 0 Å². The number of benzene rings is 2. The molecule has 0 amide bonds. The van der Waals surface area contributed by atoms with Gasteiger partial charge in [0.25, 0.3) is 0 Å². The fraction of sp³-hybridized carbons (Fsp3) is 0.423. The van der Waals surface area contributed by atoms with Crippen LogP contribution in [-0.4, -0.2) is 14.4 Å². The van der Waals surface area contributed by atoms with Gasteiger partial charge < -0.3 is 0 Å². The van der Waals surface area contributed by atoms with Crippen molar-refractivity contribution in [3.05, 3.63) is 52.8 Å². The van der Waals surface area contributed by atoms with Gasteiger partial charge in [-0.3, -0.25) is 4.40 Å². The maximum Gasteiger partial charge on any atom is 0.148 e. The lowest BCUT2D eigenvalue weighted by Gasteiger charge is -2.27. The van der Waals surface area contributed by atoms with Crippen molar-refractivity contribution in [3.63, 3.8) is 0 Å². The Labute approximate surface area is 176 Å². The van der Waals surface area contributed by atoms with Gasteiger partial charge in [-0.2, -0.15) is 5.26 Å². The van der Waals surface area contributed by atoms with Crippen molar-refractivity contribution in [2.45, 2.75) is 70.1 Å². The number of nitrogens with zero attached hydrogens (tertiary/aromatic N) is 4. The molecular formula is C26H26N4. The van der Waals surface area contributed by atoms with Crippen LogP contribution in [0.4, 0.5) is 0 Å². The molecule has 30 heavy (non-hydrogen) atoms. The molecule has 2 bridgehead atoms. The third kappa shape index (κ3) is 2.06. The fourth-order valence-electron chi connectivity index (χ4n) is 6.16. The summed E-state index contributed by atoms with van der Waals surface area (Å²) in [6.07, 6.45) is 3.76. The van der Waals surface area contributed by atoms with Crippen molar-refractivity contribution in [1.82, 2.24) is 14.4 Å². The largest absolute Gasteiger partial charge is 0.279 e. The van der Waals surface area contributed by atoms with Crippen LogP contribution < -0.4 is 0 Å². The lowest BCUT2D eigenvalue weighted by atomic mass is 9.78. The summed E-state index contributed by atoms with van der Waals surface area (Å²) in [7, 11) is 0. The Morgan fingerprint density at radius 2 is 1.73 bits per heavy atom. The molecule has 4 nitrogen and oxygen atoms in total. The topological polar surface area (TPSA) is 54.0 Å². The van der Waals surface area contributed by atoms with Crippen LogP contribution >= 0.6 is 0 Å². The zero-order valence-electron chi connectivity index (χ0n) is 18.3. The second kappa shape index (κ2) is 5.21. The molecule has 6 rings (SSSR count). The van der Waals surface area contributed by atoms with Gasteiger partial charge in [0.05, 0.1) is 22.1 Å². The molecule has 2 unspecified atom stereocenters. The number of fused-ring (bicyclic) bond motifs is 10. The molecule has 4 aromatic rings. The Bertz CT molecular complexity index is 1450. The predicted molar refractivity (Wildman–Crippen MR) is 120 cm³/mol. The van der Waals surface area contributed by atoms with E-state index in [0.29, 0.717) is 5.56 Å². The smallest absolute Gasteiger partial charge is 0.148 e. The Kier molecular flexibility index (Phi) is 3.11. The number of hydrogen-bond acceptors (Lipinski definition) is 3. The zero-order chi connectivity index (χ0) is 21.1. The van der Waals surface area contributed by atoms with Crippen molar-refractivity contribution in [2.24, 2.45) is 0 Å². The Morgan fingerprint density at radius 3 is 2.40 bits per heavy atom. The minimum absolute atomic E-state index is 0.184. The highest BCUT2D eigenvalue weighted by molar-refractivity contribution is 5.99. The fourth-order valence-corrected chi connectivity index (χ4v) is 6.16. The van der Waals surface area contributed by atoms with Gasteiger partial charge in [-0.15, -0.1) is 0 Å².